The van der Waals surface area contributed by atoms with Crippen molar-refractivity contribution in [2.45, 2.75) is 58.5 Å². The quantitative estimate of drug-likeness (QED) is 0.490. The molecular formula is C32H34O5. The molecule has 0 amide bonds. The van der Waals surface area contributed by atoms with E-state index < -0.39 is 5.97 Å². The fourth-order valence-corrected chi connectivity index (χ4v) is 7.15. The molecule has 192 valence electrons. The zero-order valence-corrected chi connectivity index (χ0v) is 21.4. The van der Waals surface area contributed by atoms with E-state index >= 15 is 0 Å². The maximum absolute atomic E-state index is 12.6. The van der Waals surface area contributed by atoms with E-state index in [1.54, 1.807) is 6.08 Å². The van der Waals surface area contributed by atoms with Crippen LogP contribution in [0.2, 0.25) is 0 Å². The Morgan fingerprint density at radius 1 is 1.14 bits per heavy atom. The first-order valence-electron chi connectivity index (χ1n) is 13.6. The lowest BCUT2D eigenvalue weighted by atomic mass is 9.64. The second-order valence-corrected chi connectivity index (χ2v) is 11.7. The Balaban J connectivity index is 1.53. The number of benzene rings is 1. The molecule has 1 aromatic rings. The van der Waals surface area contributed by atoms with Crippen molar-refractivity contribution >= 4 is 17.3 Å². The minimum Gasteiger partial charge on any atom is -0.508 e. The SMILES string of the molecule is CC(C)Cc1ccc(C2=C3CCC4CC(=O)CCC4C3OC3=C2C=CC2C=C(O)C=CC32)c(C(=O)O)c1. The number of carboxylic acid groups (broad SMARTS) is 1. The van der Waals surface area contributed by atoms with Gasteiger partial charge in [0.1, 0.15) is 23.4 Å². The van der Waals surface area contributed by atoms with E-state index in [9.17, 15) is 19.8 Å². The average Bonchev–Trinajstić information content (AvgIpc) is 2.86. The number of Topliss-reactive ketones (excluding diaryl/α,β-unsaturated/α-hetero) is 1. The molecule has 2 fully saturated rings. The van der Waals surface area contributed by atoms with E-state index in [1.165, 1.54) is 5.57 Å². The summed E-state index contributed by atoms with van der Waals surface area (Å²) in [6.45, 7) is 4.28. The molecule has 6 rings (SSSR count). The molecule has 0 radical (unpaired) electrons. The zero-order chi connectivity index (χ0) is 25.8. The van der Waals surface area contributed by atoms with Crippen LogP contribution in [0.25, 0.3) is 5.57 Å². The number of aromatic carboxylic acids is 1. The summed E-state index contributed by atoms with van der Waals surface area (Å²) in [4.78, 5) is 24.8. The average molecular weight is 499 g/mol. The predicted molar refractivity (Wildman–Crippen MR) is 142 cm³/mol. The van der Waals surface area contributed by atoms with Crippen LogP contribution in [0.15, 0.2) is 71.2 Å². The van der Waals surface area contributed by atoms with Gasteiger partial charge in [-0.15, -0.1) is 0 Å². The highest BCUT2D eigenvalue weighted by Crippen LogP contribution is 2.53. The van der Waals surface area contributed by atoms with E-state index in [0.717, 1.165) is 53.7 Å². The number of allylic oxidation sites excluding steroid dienone is 7. The molecule has 5 nitrogen and oxygen atoms in total. The second kappa shape index (κ2) is 9.20. The number of fused-ring (bicyclic) bond motifs is 5. The molecule has 1 heterocycles. The number of carboxylic acids is 1. The van der Waals surface area contributed by atoms with E-state index in [0.29, 0.717) is 36.0 Å². The molecule has 5 heteroatoms. The van der Waals surface area contributed by atoms with Crippen LogP contribution >= 0.6 is 0 Å². The van der Waals surface area contributed by atoms with Gasteiger partial charge in [0.2, 0.25) is 0 Å². The van der Waals surface area contributed by atoms with Gasteiger partial charge in [-0.05, 0) is 78.0 Å². The standard InChI is InChI=1S/C32H34O5/c1-17(2)13-18-3-8-25(28(14-18)32(35)36)29-26-9-4-19-15-21(33)6-11-23(19)30(26)37-31-24-12-7-22(34)16-20(24)5-10-27(29)31/h3-4,6,8-9,11,14-15,17,19-20,23-24,31,33H,5,7,10,12-13,16H2,1-2H3,(H,35,36). The molecule has 0 bridgehead atoms. The first-order valence-corrected chi connectivity index (χ1v) is 13.6. The van der Waals surface area contributed by atoms with Crippen molar-refractivity contribution in [3.8, 4) is 0 Å². The summed E-state index contributed by atoms with van der Waals surface area (Å²) < 4.78 is 6.88. The third-order valence-corrected chi connectivity index (χ3v) is 8.75. The van der Waals surface area contributed by atoms with E-state index in [4.69, 9.17) is 4.74 Å². The van der Waals surface area contributed by atoms with Crippen molar-refractivity contribution in [2.24, 2.45) is 29.6 Å². The third-order valence-electron chi connectivity index (χ3n) is 8.75. The Morgan fingerprint density at radius 3 is 2.76 bits per heavy atom. The van der Waals surface area contributed by atoms with Gasteiger partial charge in [0.25, 0.3) is 0 Å². The summed E-state index contributed by atoms with van der Waals surface area (Å²) in [5, 5.41) is 20.4. The van der Waals surface area contributed by atoms with E-state index in [1.807, 2.05) is 24.3 Å². The lowest BCUT2D eigenvalue weighted by Gasteiger charge is -2.47. The molecule has 5 unspecified atom stereocenters. The first kappa shape index (κ1) is 24.0. The second-order valence-electron chi connectivity index (χ2n) is 11.7. The van der Waals surface area contributed by atoms with E-state index in [2.05, 4.69) is 32.1 Å². The summed E-state index contributed by atoms with van der Waals surface area (Å²) in [5.74, 6) is 1.47. The number of hydrogen-bond donors (Lipinski definition) is 2. The van der Waals surface area contributed by atoms with Gasteiger partial charge >= 0.3 is 5.97 Å². The maximum atomic E-state index is 12.6. The number of ether oxygens (including phenoxy) is 1. The molecule has 4 aliphatic carbocycles. The molecule has 0 aromatic heterocycles. The zero-order valence-electron chi connectivity index (χ0n) is 21.4. The van der Waals surface area contributed by atoms with Gasteiger partial charge in [-0.2, -0.15) is 0 Å². The van der Waals surface area contributed by atoms with Crippen LogP contribution in [0, 0.1) is 29.6 Å². The molecule has 1 aliphatic heterocycles. The molecular weight excluding hydrogens is 464 g/mol. The molecule has 2 saturated carbocycles. The molecule has 5 aliphatic rings. The van der Waals surface area contributed by atoms with Crippen molar-refractivity contribution in [3.63, 3.8) is 0 Å². The molecule has 0 saturated heterocycles. The first-order chi connectivity index (χ1) is 17.8. The van der Waals surface area contributed by atoms with Crippen LogP contribution in [0.4, 0.5) is 0 Å². The fraction of sp³-hybridized carbons (Fsp3) is 0.438. The number of ketones is 1. The largest absolute Gasteiger partial charge is 0.508 e. The summed E-state index contributed by atoms with van der Waals surface area (Å²) in [5.41, 5.74) is 5.25. The van der Waals surface area contributed by atoms with Crippen LogP contribution in [-0.2, 0) is 16.0 Å². The topological polar surface area (TPSA) is 83.8 Å². The Kier molecular flexibility index (Phi) is 5.97. The lowest BCUT2D eigenvalue weighted by Crippen LogP contribution is -2.43. The molecule has 37 heavy (non-hydrogen) atoms. The van der Waals surface area contributed by atoms with Gasteiger partial charge in [-0.25, -0.2) is 4.79 Å². The highest BCUT2D eigenvalue weighted by Gasteiger charge is 2.47. The van der Waals surface area contributed by atoms with Gasteiger partial charge in [0.05, 0.1) is 5.56 Å². The summed E-state index contributed by atoms with van der Waals surface area (Å²) in [7, 11) is 0. The number of hydrogen-bond acceptors (Lipinski definition) is 4. The van der Waals surface area contributed by atoms with Crippen LogP contribution in [0.5, 0.6) is 0 Å². The fourth-order valence-electron chi connectivity index (χ4n) is 7.15. The number of rotatable bonds is 4. The number of carbonyl (C=O) groups excluding carboxylic acids is 1. The monoisotopic (exact) mass is 498 g/mol. The van der Waals surface area contributed by atoms with Crippen LogP contribution in [0.3, 0.4) is 0 Å². The maximum Gasteiger partial charge on any atom is 0.336 e. The Bertz CT molecular complexity index is 1320. The minimum absolute atomic E-state index is 0.00812. The van der Waals surface area contributed by atoms with Crippen LogP contribution < -0.4 is 0 Å². The Hall–Kier alpha value is -3.34. The Morgan fingerprint density at radius 2 is 1.97 bits per heavy atom. The number of aliphatic hydroxyl groups excluding tert-OH is 1. The van der Waals surface area contributed by atoms with Crippen molar-refractivity contribution in [2.75, 3.05) is 0 Å². The molecule has 2 N–H and O–H groups in total. The summed E-state index contributed by atoms with van der Waals surface area (Å²) in [6, 6.07) is 5.91. The van der Waals surface area contributed by atoms with Gasteiger partial charge in [-0.3, -0.25) is 4.79 Å². The van der Waals surface area contributed by atoms with Crippen molar-refractivity contribution in [3.05, 3.63) is 87.9 Å². The van der Waals surface area contributed by atoms with Gasteiger partial charge in [0, 0.05) is 36.2 Å². The normalized spacial score (nSPS) is 30.3. The summed E-state index contributed by atoms with van der Waals surface area (Å²) >= 11 is 0. The van der Waals surface area contributed by atoms with Crippen LogP contribution in [0.1, 0.15) is 67.4 Å². The van der Waals surface area contributed by atoms with E-state index in [-0.39, 0.29) is 29.6 Å². The molecule has 0 spiro atoms. The summed E-state index contributed by atoms with van der Waals surface area (Å²) in [6.07, 6.45) is 14.1. The van der Waals surface area contributed by atoms with Crippen molar-refractivity contribution in [1.82, 2.24) is 0 Å². The Labute approximate surface area is 217 Å². The molecule has 1 aromatic carbocycles. The minimum atomic E-state index is -0.918. The number of carbonyl (C=O) groups is 2. The van der Waals surface area contributed by atoms with Gasteiger partial charge < -0.3 is 14.9 Å². The smallest absolute Gasteiger partial charge is 0.336 e. The molecule has 5 atom stereocenters. The van der Waals surface area contributed by atoms with Crippen LogP contribution in [-0.4, -0.2) is 28.1 Å². The third kappa shape index (κ3) is 4.18. The van der Waals surface area contributed by atoms with Gasteiger partial charge in [0.15, 0.2) is 0 Å². The lowest BCUT2D eigenvalue weighted by molar-refractivity contribution is -0.124. The predicted octanol–water partition coefficient (Wildman–Crippen LogP) is 6.58. The number of aliphatic hydroxyl groups is 1. The highest BCUT2D eigenvalue weighted by molar-refractivity contribution is 5.99. The van der Waals surface area contributed by atoms with Gasteiger partial charge in [-0.1, -0.05) is 44.2 Å². The highest BCUT2D eigenvalue weighted by atomic mass is 16.5. The van der Waals surface area contributed by atoms with Crippen molar-refractivity contribution in [1.29, 1.82) is 0 Å². The van der Waals surface area contributed by atoms with Crippen molar-refractivity contribution < 1.29 is 24.5 Å².